The zero-order valence-corrected chi connectivity index (χ0v) is 12.8. The highest BCUT2D eigenvalue weighted by Crippen LogP contribution is 2.18. The molecule has 1 aromatic heterocycles. The van der Waals surface area contributed by atoms with Crippen molar-refractivity contribution in [2.75, 3.05) is 27.2 Å². The predicted molar refractivity (Wildman–Crippen MR) is 76.5 cm³/mol. The zero-order chi connectivity index (χ0) is 15.4. The number of aromatic nitrogens is 1. The first-order valence-corrected chi connectivity index (χ1v) is 7.13. The fourth-order valence-electron chi connectivity index (χ4n) is 2.43. The molecule has 3 amide bonds. The molecule has 7 nitrogen and oxygen atoms in total. The lowest BCUT2D eigenvalue weighted by Crippen LogP contribution is -2.46. The van der Waals surface area contributed by atoms with E-state index in [0.29, 0.717) is 38.2 Å². The Morgan fingerprint density at radius 2 is 2.10 bits per heavy atom. The number of piperidine rings is 1. The Morgan fingerprint density at radius 3 is 2.62 bits per heavy atom. The van der Waals surface area contributed by atoms with Crippen LogP contribution in [0.2, 0.25) is 0 Å². The first kappa shape index (κ1) is 15.3. The van der Waals surface area contributed by atoms with Crippen molar-refractivity contribution in [2.24, 2.45) is 5.92 Å². The summed E-state index contributed by atoms with van der Waals surface area (Å²) in [6, 6.07) is 1.81. The van der Waals surface area contributed by atoms with Crippen molar-refractivity contribution in [1.82, 2.24) is 20.3 Å². The summed E-state index contributed by atoms with van der Waals surface area (Å²) in [5.41, 5.74) is 0.801. The van der Waals surface area contributed by atoms with Gasteiger partial charge >= 0.3 is 6.03 Å². The number of amides is 3. The lowest BCUT2D eigenvalue weighted by Gasteiger charge is -2.32. The van der Waals surface area contributed by atoms with Gasteiger partial charge in [0.15, 0.2) is 5.76 Å². The quantitative estimate of drug-likeness (QED) is 0.902. The van der Waals surface area contributed by atoms with Gasteiger partial charge in [-0.05, 0) is 19.8 Å². The third-order valence-electron chi connectivity index (χ3n) is 3.63. The average molecular weight is 294 g/mol. The van der Waals surface area contributed by atoms with Crippen LogP contribution < -0.4 is 5.32 Å². The lowest BCUT2D eigenvalue weighted by molar-refractivity contribution is -0.126. The van der Waals surface area contributed by atoms with Crippen molar-refractivity contribution in [2.45, 2.75) is 26.3 Å². The molecule has 0 aliphatic carbocycles. The summed E-state index contributed by atoms with van der Waals surface area (Å²) in [6.45, 7) is 3.44. The Bertz CT molecular complexity index is 504. The number of carbonyl (C=O) groups excluding carboxylic acids is 2. The van der Waals surface area contributed by atoms with E-state index < -0.39 is 0 Å². The SMILES string of the molecule is Cc1cc(CNC(=O)C2CCN(C(=O)N(C)C)CC2)on1. The zero-order valence-electron chi connectivity index (χ0n) is 12.8. The molecule has 1 fully saturated rings. The van der Waals surface area contributed by atoms with Crippen molar-refractivity contribution in [3.05, 3.63) is 17.5 Å². The van der Waals surface area contributed by atoms with Gasteiger partial charge in [-0.25, -0.2) is 4.79 Å². The van der Waals surface area contributed by atoms with Gasteiger partial charge in [0.1, 0.15) is 0 Å². The highest BCUT2D eigenvalue weighted by molar-refractivity contribution is 5.79. The fraction of sp³-hybridized carbons (Fsp3) is 0.643. The first-order chi connectivity index (χ1) is 9.97. The molecule has 0 bridgehead atoms. The van der Waals surface area contributed by atoms with Crippen LogP contribution in [0.4, 0.5) is 4.79 Å². The molecule has 0 atom stereocenters. The van der Waals surface area contributed by atoms with Gasteiger partial charge < -0.3 is 19.6 Å². The van der Waals surface area contributed by atoms with Crippen molar-refractivity contribution in [3.63, 3.8) is 0 Å². The molecule has 1 aromatic rings. The van der Waals surface area contributed by atoms with E-state index in [0.717, 1.165) is 5.69 Å². The molecule has 1 aliphatic rings. The van der Waals surface area contributed by atoms with Crippen LogP contribution in [0.5, 0.6) is 0 Å². The summed E-state index contributed by atoms with van der Waals surface area (Å²) in [6.07, 6.45) is 1.39. The minimum Gasteiger partial charge on any atom is -0.359 e. The van der Waals surface area contributed by atoms with Crippen LogP contribution >= 0.6 is 0 Å². The molecule has 2 heterocycles. The molecule has 116 valence electrons. The maximum atomic E-state index is 12.1. The summed E-state index contributed by atoms with van der Waals surface area (Å²) in [5, 5.41) is 6.64. The van der Waals surface area contributed by atoms with Crippen molar-refractivity contribution in [1.29, 1.82) is 0 Å². The van der Waals surface area contributed by atoms with Crippen LogP contribution in [0.1, 0.15) is 24.3 Å². The summed E-state index contributed by atoms with van der Waals surface area (Å²) in [4.78, 5) is 27.3. The van der Waals surface area contributed by atoms with Gasteiger partial charge in [0.2, 0.25) is 5.91 Å². The largest absolute Gasteiger partial charge is 0.359 e. The topological polar surface area (TPSA) is 78.7 Å². The van der Waals surface area contributed by atoms with Gasteiger partial charge in [0.25, 0.3) is 0 Å². The summed E-state index contributed by atoms with van der Waals surface area (Å²) < 4.78 is 5.05. The molecule has 0 saturated carbocycles. The Labute approximate surface area is 124 Å². The lowest BCUT2D eigenvalue weighted by atomic mass is 9.96. The van der Waals surface area contributed by atoms with E-state index in [1.807, 2.05) is 6.92 Å². The first-order valence-electron chi connectivity index (χ1n) is 7.13. The van der Waals surface area contributed by atoms with E-state index in [1.54, 1.807) is 30.0 Å². The molecular formula is C14H22N4O3. The molecule has 0 aromatic carbocycles. The van der Waals surface area contributed by atoms with Crippen LogP contribution in [-0.4, -0.2) is 54.1 Å². The van der Waals surface area contributed by atoms with Gasteiger partial charge in [-0.15, -0.1) is 0 Å². The van der Waals surface area contributed by atoms with Crippen molar-refractivity contribution < 1.29 is 14.1 Å². The number of aryl methyl sites for hydroxylation is 1. The molecule has 7 heteroatoms. The second kappa shape index (κ2) is 6.60. The Hall–Kier alpha value is -2.05. The fourth-order valence-corrected chi connectivity index (χ4v) is 2.43. The molecule has 0 unspecified atom stereocenters. The number of rotatable bonds is 3. The monoisotopic (exact) mass is 294 g/mol. The van der Waals surface area contributed by atoms with E-state index in [-0.39, 0.29) is 17.9 Å². The number of hydrogen-bond donors (Lipinski definition) is 1. The van der Waals surface area contributed by atoms with E-state index in [1.165, 1.54) is 0 Å². The van der Waals surface area contributed by atoms with Crippen LogP contribution in [-0.2, 0) is 11.3 Å². The second-order valence-corrected chi connectivity index (χ2v) is 5.59. The Balaban J connectivity index is 1.76. The van der Waals surface area contributed by atoms with Crippen LogP contribution in [0.25, 0.3) is 0 Å². The van der Waals surface area contributed by atoms with E-state index in [4.69, 9.17) is 4.52 Å². The van der Waals surface area contributed by atoms with E-state index >= 15 is 0 Å². The van der Waals surface area contributed by atoms with Gasteiger partial charge in [-0.1, -0.05) is 5.16 Å². The number of carbonyl (C=O) groups is 2. The Kier molecular flexibility index (Phi) is 4.82. The molecule has 1 aliphatic heterocycles. The van der Waals surface area contributed by atoms with E-state index in [9.17, 15) is 9.59 Å². The molecule has 1 N–H and O–H groups in total. The van der Waals surface area contributed by atoms with Gasteiger partial charge in [-0.3, -0.25) is 4.79 Å². The molecule has 21 heavy (non-hydrogen) atoms. The molecular weight excluding hydrogens is 272 g/mol. The third-order valence-corrected chi connectivity index (χ3v) is 3.63. The smallest absolute Gasteiger partial charge is 0.319 e. The number of urea groups is 1. The number of nitrogens with zero attached hydrogens (tertiary/aromatic N) is 3. The predicted octanol–water partition coefficient (Wildman–Crippen LogP) is 0.993. The Morgan fingerprint density at radius 1 is 1.43 bits per heavy atom. The summed E-state index contributed by atoms with van der Waals surface area (Å²) >= 11 is 0. The summed E-state index contributed by atoms with van der Waals surface area (Å²) in [5.74, 6) is 0.627. The number of likely N-dealkylation sites (tertiary alicyclic amines) is 1. The second-order valence-electron chi connectivity index (χ2n) is 5.59. The third kappa shape index (κ3) is 3.96. The van der Waals surface area contributed by atoms with Crippen LogP contribution in [0.15, 0.2) is 10.6 Å². The maximum absolute atomic E-state index is 12.1. The molecule has 0 radical (unpaired) electrons. The van der Waals surface area contributed by atoms with Crippen molar-refractivity contribution in [3.8, 4) is 0 Å². The minimum atomic E-state index is -0.0415. The van der Waals surface area contributed by atoms with Gasteiger partial charge in [0.05, 0.1) is 12.2 Å². The maximum Gasteiger partial charge on any atom is 0.319 e. The van der Waals surface area contributed by atoms with E-state index in [2.05, 4.69) is 10.5 Å². The number of nitrogens with one attached hydrogen (secondary N) is 1. The van der Waals surface area contributed by atoms with Gasteiger partial charge in [0, 0.05) is 39.2 Å². The normalized spacial score (nSPS) is 15.9. The van der Waals surface area contributed by atoms with Crippen LogP contribution in [0, 0.1) is 12.8 Å². The number of hydrogen-bond acceptors (Lipinski definition) is 4. The standard InChI is InChI=1S/C14H22N4O3/c1-10-8-12(21-16-10)9-15-13(19)11-4-6-18(7-5-11)14(20)17(2)3/h8,11H,4-7,9H2,1-3H3,(H,15,19). The van der Waals surface area contributed by atoms with Crippen molar-refractivity contribution >= 4 is 11.9 Å². The minimum absolute atomic E-state index is 0.00555. The molecule has 0 spiro atoms. The average Bonchev–Trinajstić information content (AvgIpc) is 2.89. The molecule has 1 saturated heterocycles. The molecule has 2 rings (SSSR count). The summed E-state index contributed by atoms with van der Waals surface area (Å²) in [7, 11) is 3.47. The highest BCUT2D eigenvalue weighted by Gasteiger charge is 2.27. The van der Waals surface area contributed by atoms with Gasteiger partial charge in [-0.2, -0.15) is 0 Å². The highest BCUT2D eigenvalue weighted by atomic mass is 16.5. The van der Waals surface area contributed by atoms with Crippen LogP contribution in [0.3, 0.4) is 0 Å².